The van der Waals surface area contributed by atoms with Crippen LogP contribution < -0.4 is 0 Å². The fraction of sp³-hybridized carbons (Fsp3) is 0.923. The van der Waals surface area contributed by atoms with E-state index < -0.39 is 0 Å². The maximum Gasteiger partial charge on any atom is -0.0379 e. The fourth-order valence-electron chi connectivity index (χ4n) is 2.73. The van der Waals surface area contributed by atoms with Crippen LogP contribution in [0, 0.1) is 24.2 Å². The van der Waals surface area contributed by atoms with Crippen molar-refractivity contribution in [2.75, 3.05) is 0 Å². The Hall–Kier alpha value is 0. The number of rotatable bonds is 7. The second kappa shape index (κ2) is 5.67. The molecule has 3 atom stereocenters. The van der Waals surface area contributed by atoms with Crippen molar-refractivity contribution in [1.82, 2.24) is 0 Å². The van der Waals surface area contributed by atoms with Crippen LogP contribution in [0.25, 0.3) is 0 Å². The lowest BCUT2D eigenvalue weighted by atomic mass is 9.91. The van der Waals surface area contributed by atoms with E-state index in [1.165, 1.54) is 38.5 Å². The second-order valence-electron chi connectivity index (χ2n) is 4.64. The molecule has 1 saturated carbocycles. The first-order chi connectivity index (χ1) is 6.33. The van der Waals surface area contributed by atoms with Crippen LogP contribution in [-0.2, 0) is 0 Å². The summed E-state index contributed by atoms with van der Waals surface area (Å²) in [5, 5.41) is 0. The highest BCUT2D eigenvalue weighted by Gasteiger charge is 2.39. The molecule has 1 aliphatic rings. The molecule has 78 valence electrons. The van der Waals surface area contributed by atoms with E-state index in [1.54, 1.807) is 0 Å². The molecular formula is C13H25-. The van der Waals surface area contributed by atoms with Crippen LogP contribution in [0.3, 0.4) is 0 Å². The van der Waals surface area contributed by atoms with Gasteiger partial charge in [-0.15, -0.1) is 0 Å². The molecule has 13 heavy (non-hydrogen) atoms. The third kappa shape index (κ3) is 3.32. The average molecular weight is 181 g/mol. The van der Waals surface area contributed by atoms with Gasteiger partial charge in [0.2, 0.25) is 0 Å². The first kappa shape index (κ1) is 11.1. The van der Waals surface area contributed by atoms with Crippen molar-refractivity contribution in [2.24, 2.45) is 17.8 Å². The van der Waals surface area contributed by atoms with Crippen molar-refractivity contribution in [3.8, 4) is 0 Å². The quantitative estimate of drug-likeness (QED) is 0.509. The zero-order chi connectivity index (χ0) is 9.68. The van der Waals surface area contributed by atoms with Crippen LogP contribution in [0.5, 0.6) is 0 Å². The topological polar surface area (TPSA) is 0 Å². The van der Waals surface area contributed by atoms with Crippen LogP contribution in [-0.4, -0.2) is 0 Å². The largest absolute Gasteiger partial charge is 0.331 e. The van der Waals surface area contributed by atoms with E-state index in [4.69, 9.17) is 0 Å². The molecule has 1 rings (SSSR count). The summed E-state index contributed by atoms with van der Waals surface area (Å²) in [6.07, 6.45) is 10.9. The standard InChI is InChI=1S/C13H25/c1-4-7-11(8-5-2)13-10-12(13)9-6-3/h4,11-13H,5-10H2,1-3H3/q-1. The van der Waals surface area contributed by atoms with E-state index in [0.29, 0.717) is 0 Å². The van der Waals surface area contributed by atoms with Gasteiger partial charge in [-0.3, -0.25) is 0 Å². The Morgan fingerprint density at radius 2 is 2.08 bits per heavy atom. The van der Waals surface area contributed by atoms with Crippen molar-refractivity contribution in [1.29, 1.82) is 0 Å². The van der Waals surface area contributed by atoms with Gasteiger partial charge in [-0.25, -0.2) is 0 Å². The first-order valence-electron chi connectivity index (χ1n) is 6.11. The van der Waals surface area contributed by atoms with E-state index in [-0.39, 0.29) is 0 Å². The van der Waals surface area contributed by atoms with Crippen LogP contribution >= 0.6 is 0 Å². The molecule has 0 aromatic rings. The smallest absolute Gasteiger partial charge is 0.0379 e. The number of hydrogen-bond donors (Lipinski definition) is 0. The Bertz CT molecular complexity index is 122. The van der Waals surface area contributed by atoms with Gasteiger partial charge >= 0.3 is 0 Å². The maximum atomic E-state index is 2.36. The summed E-state index contributed by atoms with van der Waals surface area (Å²) in [5.74, 6) is 3.21. The molecule has 1 aliphatic carbocycles. The molecule has 0 aliphatic heterocycles. The summed E-state index contributed by atoms with van der Waals surface area (Å²) in [7, 11) is 0. The predicted molar refractivity (Wildman–Crippen MR) is 59.5 cm³/mol. The minimum atomic E-state index is 1.02. The highest BCUT2D eigenvalue weighted by molar-refractivity contribution is 4.91. The third-order valence-corrected chi connectivity index (χ3v) is 3.44. The molecule has 0 spiro atoms. The zero-order valence-electron chi connectivity index (χ0n) is 9.55. The SMILES string of the molecule is C[CH-]CC(CCC)C1CC1CCC. The van der Waals surface area contributed by atoms with E-state index in [1.807, 2.05) is 0 Å². The third-order valence-electron chi connectivity index (χ3n) is 3.44. The molecule has 0 heteroatoms. The predicted octanol–water partition coefficient (Wildman–Crippen LogP) is 4.45. The molecule has 0 N–H and O–H groups in total. The van der Waals surface area contributed by atoms with Crippen LogP contribution in [0.4, 0.5) is 0 Å². The molecule has 0 amide bonds. The van der Waals surface area contributed by atoms with Gasteiger partial charge < -0.3 is 6.42 Å². The van der Waals surface area contributed by atoms with Crippen molar-refractivity contribution in [3.63, 3.8) is 0 Å². The minimum absolute atomic E-state index is 1.02. The monoisotopic (exact) mass is 181 g/mol. The van der Waals surface area contributed by atoms with Gasteiger partial charge in [0.1, 0.15) is 0 Å². The Kier molecular flexibility index (Phi) is 4.83. The minimum Gasteiger partial charge on any atom is -0.331 e. The van der Waals surface area contributed by atoms with Crippen LogP contribution in [0.2, 0.25) is 0 Å². The highest BCUT2D eigenvalue weighted by atomic mass is 14.5. The molecule has 0 aromatic heterocycles. The molecule has 0 aromatic carbocycles. The average Bonchev–Trinajstić information content (AvgIpc) is 2.84. The maximum absolute atomic E-state index is 2.36. The normalized spacial score (nSPS) is 28.8. The first-order valence-corrected chi connectivity index (χ1v) is 6.11. The van der Waals surface area contributed by atoms with Crippen LogP contribution in [0.15, 0.2) is 0 Å². The molecule has 0 heterocycles. The van der Waals surface area contributed by atoms with Gasteiger partial charge in [-0.05, 0) is 18.3 Å². The summed E-state index contributed by atoms with van der Waals surface area (Å²) in [4.78, 5) is 0. The highest BCUT2D eigenvalue weighted by Crippen LogP contribution is 2.49. The summed E-state index contributed by atoms with van der Waals surface area (Å²) in [6, 6.07) is 0. The zero-order valence-corrected chi connectivity index (χ0v) is 9.55. The van der Waals surface area contributed by atoms with Gasteiger partial charge in [0.05, 0.1) is 0 Å². The summed E-state index contributed by atoms with van der Waals surface area (Å²) < 4.78 is 0. The van der Waals surface area contributed by atoms with E-state index in [9.17, 15) is 0 Å². The Morgan fingerprint density at radius 3 is 2.62 bits per heavy atom. The van der Waals surface area contributed by atoms with E-state index >= 15 is 0 Å². The lowest BCUT2D eigenvalue weighted by Gasteiger charge is -2.19. The molecule has 0 radical (unpaired) electrons. The lowest BCUT2D eigenvalue weighted by molar-refractivity contribution is 0.390. The van der Waals surface area contributed by atoms with Gasteiger partial charge in [0, 0.05) is 0 Å². The lowest BCUT2D eigenvalue weighted by Crippen LogP contribution is -2.04. The van der Waals surface area contributed by atoms with Gasteiger partial charge in [0.15, 0.2) is 0 Å². The molecule has 0 nitrogen and oxygen atoms in total. The summed E-state index contributed by atoms with van der Waals surface area (Å²) >= 11 is 0. The van der Waals surface area contributed by atoms with Crippen LogP contribution in [0.1, 0.15) is 59.3 Å². The molecule has 0 saturated heterocycles. The van der Waals surface area contributed by atoms with E-state index in [0.717, 1.165) is 17.8 Å². The van der Waals surface area contributed by atoms with Crippen molar-refractivity contribution >= 4 is 0 Å². The van der Waals surface area contributed by atoms with Gasteiger partial charge in [-0.2, -0.15) is 13.3 Å². The molecule has 1 fully saturated rings. The Labute approximate surface area is 84.1 Å². The van der Waals surface area contributed by atoms with Crippen molar-refractivity contribution in [2.45, 2.75) is 59.3 Å². The second-order valence-corrected chi connectivity index (χ2v) is 4.64. The van der Waals surface area contributed by atoms with Gasteiger partial charge in [0.25, 0.3) is 0 Å². The Morgan fingerprint density at radius 1 is 1.31 bits per heavy atom. The molecule has 0 bridgehead atoms. The molecular weight excluding hydrogens is 156 g/mol. The van der Waals surface area contributed by atoms with Gasteiger partial charge in [-0.1, -0.05) is 45.4 Å². The summed E-state index contributed by atoms with van der Waals surface area (Å²) in [6.45, 7) is 6.84. The Balaban J connectivity index is 2.22. The molecule has 3 unspecified atom stereocenters. The summed E-state index contributed by atoms with van der Waals surface area (Å²) in [5.41, 5.74) is 0. The van der Waals surface area contributed by atoms with Crippen molar-refractivity contribution < 1.29 is 0 Å². The van der Waals surface area contributed by atoms with E-state index in [2.05, 4.69) is 27.2 Å². The fourth-order valence-corrected chi connectivity index (χ4v) is 2.73. The van der Waals surface area contributed by atoms with Crippen molar-refractivity contribution in [3.05, 3.63) is 6.42 Å². The number of hydrogen-bond acceptors (Lipinski definition) is 0.